The Balaban J connectivity index is 2.41. The zero-order valence-electron chi connectivity index (χ0n) is 13.9. The molecular weight excluding hydrogens is 373 g/mol. The molecule has 2 unspecified atom stereocenters. The van der Waals surface area contributed by atoms with Crippen molar-refractivity contribution in [3.63, 3.8) is 0 Å². The van der Waals surface area contributed by atoms with E-state index in [0.717, 1.165) is 19.3 Å². The first-order valence-corrected chi connectivity index (χ1v) is 9.77. The summed E-state index contributed by atoms with van der Waals surface area (Å²) in [5, 5.41) is 16.0. The highest BCUT2D eigenvalue weighted by atomic mass is 32.2. The van der Waals surface area contributed by atoms with Crippen molar-refractivity contribution < 1.29 is 31.5 Å². The lowest BCUT2D eigenvalue weighted by Crippen LogP contribution is -2.53. The number of hydrogen-bond acceptors (Lipinski definition) is 5. The number of aliphatic carboxylic acids is 1. The minimum Gasteiger partial charge on any atom is -0.549 e. The molecule has 0 aliphatic heterocycles. The zero-order chi connectivity index (χ0) is 19.5. The van der Waals surface area contributed by atoms with Gasteiger partial charge < -0.3 is 9.90 Å². The summed E-state index contributed by atoms with van der Waals surface area (Å²) in [4.78, 5) is 11.8. The summed E-state index contributed by atoms with van der Waals surface area (Å²) >= 11 is 0. The summed E-state index contributed by atoms with van der Waals surface area (Å²) in [5.74, 6) is -2.37. The molecule has 1 saturated carbocycles. The van der Waals surface area contributed by atoms with Gasteiger partial charge in [-0.2, -0.15) is 18.3 Å². The number of carboxylic acids is 1. The predicted octanol–water partition coefficient (Wildman–Crippen LogP) is 1.24. The van der Waals surface area contributed by atoms with E-state index in [2.05, 4.69) is 10.2 Å². The largest absolute Gasteiger partial charge is 0.549 e. The van der Waals surface area contributed by atoms with E-state index in [1.165, 1.54) is 12.3 Å². The molecule has 2 aliphatic carbocycles. The first-order valence-electron chi connectivity index (χ1n) is 7.82. The molecule has 0 radical (unpaired) electrons. The lowest BCUT2D eigenvalue weighted by Gasteiger charge is -2.42. The highest BCUT2D eigenvalue weighted by Crippen LogP contribution is 2.55. The summed E-state index contributed by atoms with van der Waals surface area (Å²) < 4.78 is 66.6. The van der Waals surface area contributed by atoms with Gasteiger partial charge in [-0.3, -0.25) is 5.10 Å². The normalized spacial score (nSPS) is 27.4. The second-order valence-electron chi connectivity index (χ2n) is 6.91. The number of carbonyl (C=O) groups excluding carboxylic acids is 1. The first kappa shape index (κ1) is 18.7. The Bertz CT molecular complexity index is 912. The van der Waals surface area contributed by atoms with Crippen molar-refractivity contribution >= 4 is 21.4 Å². The fraction of sp³-hybridized carbons (Fsp3) is 0.500. The third-order valence-corrected chi connectivity index (χ3v) is 6.39. The maximum Gasteiger partial charge on any atom is 0.417 e. The van der Waals surface area contributed by atoms with E-state index in [1.54, 1.807) is 0 Å². The number of carbonyl (C=O) groups is 1. The summed E-state index contributed by atoms with van der Waals surface area (Å²) in [6.45, 7) is 1.08. The fourth-order valence-corrected chi connectivity index (χ4v) is 5.47. The molecule has 1 aromatic heterocycles. The Morgan fingerprint density at radius 1 is 1.38 bits per heavy atom. The number of carboxylic acid groups (broad SMARTS) is 1. The summed E-state index contributed by atoms with van der Waals surface area (Å²) in [6.07, 6.45) is -1.29. The number of nitrogens with zero attached hydrogens (tertiary/aromatic N) is 1. The molecule has 142 valence electrons. The van der Waals surface area contributed by atoms with Gasteiger partial charge in [-0.1, -0.05) is 6.08 Å². The average Bonchev–Trinajstić information content (AvgIpc) is 3.17. The molecule has 0 amide bonds. The molecule has 1 N–H and O–H groups in total. The zero-order valence-corrected chi connectivity index (χ0v) is 14.7. The van der Waals surface area contributed by atoms with Crippen LogP contribution in [0.2, 0.25) is 0 Å². The smallest absolute Gasteiger partial charge is 0.417 e. The Morgan fingerprint density at radius 3 is 2.38 bits per heavy atom. The molecule has 0 spiro atoms. The van der Waals surface area contributed by atoms with Crippen LogP contribution in [0.1, 0.15) is 25.5 Å². The maximum absolute atomic E-state index is 13.9. The number of allylic oxidation sites excluding steroid dienone is 2. The molecule has 1 fully saturated rings. The molecule has 1 aromatic rings. The van der Waals surface area contributed by atoms with E-state index in [4.69, 9.17) is 0 Å². The van der Waals surface area contributed by atoms with Gasteiger partial charge in [0.1, 0.15) is 0 Å². The van der Waals surface area contributed by atoms with Crippen LogP contribution >= 0.6 is 0 Å². The van der Waals surface area contributed by atoms with Gasteiger partial charge in [-0.15, -0.1) is 0 Å². The lowest BCUT2D eigenvalue weighted by atomic mass is 9.72. The van der Waals surface area contributed by atoms with Gasteiger partial charge in [0.2, 0.25) is 0 Å². The Hall–Kier alpha value is -2.10. The van der Waals surface area contributed by atoms with Crippen LogP contribution in [0.3, 0.4) is 0 Å². The number of halogens is 3. The van der Waals surface area contributed by atoms with E-state index in [0.29, 0.717) is 12.8 Å². The molecule has 2 atom stereocenters. The minimum absolute atomic E-state index is 0.0325. The molecule has 26 heavy (non-hydrogen) atoms. The van der Waals surface area contributed by atoms with E-state index in [-0.39, 0.29) is 11.3 Å². The third-order valence-electron chi connectivity index (χ3n) is 4.79. The van der Waals surface area contributed by atoms with E-state index in [1.807, 2.05) is 0 Å². The second-order valence-corrected chi connectivity index (χ2v) is 9.04. The average molecular weight is 389 g/mol. The molecule has 0 saturated heterocycles. The van der Waals surface area contributed by atoms with Gasteiger partial charge >= 0.3 is 6.18 Å². The number of aromatic nitrogens is 2. The number of sulfone groups is 1. The molecule has 0 bridgehead atoms. The number of nitrogens with one attached hydrogen (secondary N) is 1. The van der Waals surface area contributed by atoms with Crippen molar-refractivity contribution in [2.75, 3.05) is 6.26 Å². The maximum atomic E-state index is 13.9. The minimum atomic E-state index is -4.86. The molecular formula is C16H16F3N2O4S-. The topological polar surface area (TPSA) is 103 Å². The fourth-order valence-electron chi connectivity index (χ4n) is 3.65. The summed E-state index contributed by atoms with van der Waals surface area (Å²) in [5.41, 5.74) is -4.07. The highest BCUT2D eigenvalue weighted by molar-refractivity contribution is 7.91. The quantitative estimate of drug-likeness (QED) is 0.835. The molecule has 2 aliphatic rings. The van der Waals surface area contributed by atoms with Crippen LogP contribution in [-0.2, 0) is 14.6 Å². The van der Waals surface area contributed by atoms with Crippen LogP contribution in [0.25, 0.3) is 5.57 Å². The van der Waals surface area contributed by atoms with E-state index >= 15 is 0 Å². The Labute approximate surface area is 147 Å². The number of rotatable bonds is 4. The van der Waals surface area contributed by atoms with Gasteiger partial charge in [0, 0.05) is 23.4 Å². The molecule has 0 aromatic carbocycles. The number of hydrogen-bond donors (Lipinski definition) is 1. The van der Waals surface area contributed by atoms with E-state index in [9.17, 15) is 31.5 Å². The summed E-state index contributed by atoms with van der Waals surface area (Å²) in [7, 11) is -4.17. The van der Waals surface area contributed by atoms with Crippen LogP contribution in [0.15, 0.2) is 29.5 Å². The van der Waals surface area contributed by atoms with Crippen LogP contribution in [0.4, 0.5) is 13.2 Å². The molecule has 1 heterocycles. The Morgan fingerprint density at radius 2 is 2.00 bits per heavy atom. The van der Waals surface area contributed by atoms with E-state index < -0.39 is 49.7 Å². The van der Waals surface area contributed by atoms with Gasteiger partial charge in [0.25, 0.3) is 0 Å². The summed E-state index contributed by atoms with van der Waals surface area (Å²) in [6, 6.07) is 1.28. The van der Waals surface area contributed by atoms with Crippen LogP contribution < -0.4 is 5.11 Å². The molecule has 10 heteroatoms. The van der Waals surface area contributed by atoms with Crippen molar-refractivity contribution in [3.05, 3.63) is 35.2 Å². The number of H-pyrrole nitrogens is 1. The number of alkyl halides is 3. The highest BCUT2D eigenvalue weighted by Gasteiger charge is 2.55. The van der Waals surface area contributed by atoms with Gasteiger partial charge in [-0.05, 0) is 37.3 Å². The van der Waals surface area contributed by atoms with Gasteiger partial charge in [0.15, 0.2) is 9.84 Å². The number of aromatic amines is 1. The third kappa shape index (κ3) is 2.95. The SMILES string of the molecule is CC1(C(=O)[O-])C=C(c2ccn[nH]2)C(C(F)(F)F)=C(C2CC2)C1S(C)(=O)=O. The van der Waals surface area contributed by atoms with Crippen molar-refractivity contribution in [3.8, 4) is 0 Å². The van der Waals surface area contributed by atoms with Crippen LogP contribution in [-0.4, -0.2) is 42.3 Å². The predicted molar refractivity (Wildman–Crippen MR) is 84.1 cm³/mol. The van der Waals surface area contributed by atoms with Crippen molar-refractivity contribution in [2.24, 2.45) is 11.3 Å². The van der Waals surface area contributed by atoms with Crippen molar-refractivity contribution in [1.29, 1.82) is 0 Å². The first-order chi connectivity index (χ1) is 11.9. The molecule has 3 rings (SSSR count). The standard InChI is InChI=1S/C16H17F3N2O4S/c1-15(14(22)23)7-9(10-5-6-20-21-10)12(16(17,18)19)11(8-3-4-8)13(15)26(2,24)25/h5-8,13H,3-4H2,1-2H3,(H,20,21)(H,22,23)/p-1. The van der Waals surface area contributed by atoms with Gasteiger partial charge in [0.05, 0.1) is 22.5 Å². The van der Waals surface area contributed by atoms with Crippen LogP contribution in [0, 0.1) is 11.3 Å². The second kappa shape index (κ2) is 5.70. The lowest BCUT2D eigenvalue weighted by molar-refractivity contribution is -0.315. The Kier molecular flexibility index (Phi) is 4.10. The monoisotopic (exact) mass is 389 g/mol. The molecule has 6 nitrogen and oxygen atoms in total. The van der Waals surface area contributed by atoms with Crippen LogP contribution in [0.5, 0.6) is 0 Å². The van der Waals surface area contributed by atoms with Crippen molar-refractivity contribution in [2.45, 2.75) is 31.2 Å². The van der Waals surface area contributed by atoms with Gasteiger partial charge in [-0.25, -0.2) is 8.42 Å². The van der Waals surface area contributed by atoms with Crippen molar-refractivity contribution in [1.82, 2.24) is 10.2 Å².